The van der Waals surface area contributed by atoms with Gasteiger partial charge in [-0.2, -0.15) is 0 Å². The van der Waals surface area contributed by atoms with Crippen molar-refractivity contribution in [1.82, 2.24) is 19.8 Å². The predicted molar refractivity (Wildman–Crippen MR) is 71.9 cm³/mol. The Labute approximate surface area is 112 Å². The van der Waals surface area contributed by atoms with E-state index in [2.05, 4.69) is 14.9 Å². The zero-order valence-corrected chi connectivity index (χ0v) is 11.8. The average molecular weight is 268 g/mol. The average Bonchev–Trinajstić information content (AvgIpc) is 2.87. The molecule has 0 saturated carbocycles. The van der Waals surface area contributed by atoms with E-state index in [1.165, 1.54) is 18.0 Å². The predicted octanol–water partition coefficient (Wildman–Crippen LogP) is 1.31. The third-order valence-corrected chi connectivity index (χ3v) is 4.17. The summed E-state index contributed by atoms with van der Waals surface area (Å²) in [6.45, 7) is 3.72. The van der Waals surface area contributed by atoms with Crippen LogP contribution < -0.4 is 5.32 Å². The first kappa shape index (κ1) is 13.4. The highest BCUT2D eigenvalue weighted by molar-refractivity contribution is 7.08. The molecule has 1 fully saturated rings. The summed E-state index contributed by atoms with van der Waals surface area (Å²) >= 11 is 1.22. The molecule has 0 radical (unpaired) electrons. The number of hydrogen-bond acceptors (Lipinski definition) is 5. The minimum absolute atomic E-state index is 0.113. The molecule has 1 aliphatic heterocycles. The van der Waals surface area contributed by atoms with Gasteiger partial charge in [-0.15, -0.1) is 5.10 Å². The highest BCUT2D eigenvalue weighted by atomic mass is 32.1. The van der Waals surface area contributed by atoms with Crippen LogP contribution in [-0.2, 0) is 6.42 Å². The van der Waals surface area contributed by atoms with Gasteiger partial charge in [0.15, 0.2) is 0 Å². The normalized spacial score (nSPS) is 20.1. The van der Waals surface area contributed by atoms with Gasteiger partial charge in [0, 0.05) is 19.1 Å². The van der Waals surface area contributed by atoms with Crippen LogP contribution in [0.15, 0.2) is 0 Å². The molecule has 1 unspecified atom stereocenters. The summed E-state index contributed by atoms with van der Waals surface area (Å²) in [6, 6.07) is 0.308. The Bertz CT molecular complexity index is 405. The molecule has 1 amide bonds. The monoisotopic (exact) mass is 268 g/mol. The van der Waals surface area contributed by atoms with Gasteiger partial charge < -0.3 is 10.2 Å². The lowest BCUT2D eigenvalue weighted by Crippen LogP contribution is -2.48. The molecule has 1 aliphatic rings. The van der Waals surface area contributed by atoms with Gasteiger partial charge in [-0.25, -0.2) is 0 Å². The summed E-state index contributed by atoms with van der Waals surface area (Å²) in [5, 5.41) is 7.20. The fourth-order valence-electron chi connectivity index (χ4n) is 2.45. The Kier molecular flexibility index (Phi) is 4.66. The number of nitrogens with zero attached hydrogens (tertiary/aromatic N) is 3. The number of nitrogens with one attached hydrogen (secondary N) is 1. The Balaban J connectivity index is 2.15. The highest BCUT2D eigenvalue weighted by Gasteiger charge is 2.29. The summed E-state index contributed by atoms with van der Waals surface area (Å²) in [4.78, 5) is 15.3. The van der Waals surface area contributed by atoms with Crippen molar-refractivity contribution >= 4 is 17.4 Å². The third-order valence-electron chi connectivity index (χ3n) is 3.41. The molecule has 5 nitrogen and oxygen atoms in total. The van der Waals surface area contributed by atoms with Gasteiger partial charge in [-0.05, 0) is 44.3 Å². The third kappa shape index (κ3) is 2.70. The first-order chi connectivity index (χ1) is 8.77. The number of aryl methyl sites for hydroxylation is 1. The van der Waals surface area contributed by atoms with Crippen LogP contribution in [0.5, 0.6) is 0 Å². The topological polar surface area (TPSA) is 58.1 Å². The van der Waals surface area contributed by atoms with E-state index in [0.717, 1.165) is 42.9 Å². The van der Waals surface area contributed by atoms with Crippen LogP contribution in [0.4, 0.5) is 0 Å². The van der Waals surface area contributed by atoms with Gasteiger partial charge in [0.25, 0.3) is 5.91 Å². The lowest BCUT2D eigenvalue weighted by molar-refractivity contribution is 0.0619. The molecule has 1 aromatic heterocycles. The molecule has 1 atom stereocenters. The molecule has 6 heteroatoms. The second kappa shape index (κ2) is 6.24. The molecule has 2 rings (SSSR count). The molecule has 0 aromatic carbocycles. The summed E-state index contributed by atoms with van der Waals surface area (Å²) in [5.74, 6) is 0.113. The lowest BCUT2D eigenvalue weighted by atomic mass is 10.0. The van der Waals surface area contributed by atoms with Gasteiger partial charge >= 0.3 is 0 Å². The highest BCUT2D eigenvalue weighted by Crippen LogP contribution is 2.22. The zero-order valence-electron chi connectivity index (χ0n) is 11.0. The van der Waals surface area contributed by atoms with Crippen molar-refractivity contribution < 1.29 is 4.79 Å². The van der Waals surface area contributed by atoms with Gasteiger partial charge in [0.1, 0.15) is 4.88 Å². The van der Waals surface area contributed by atoms with Crippen LogP contribution in [0.2, 0.25) is 0 Å². The first-order valence-electron chi connectivity index (χ1n) is 6.54. The van der Waals surface area contributed by atoms with Crippen molar-refractivity contribution in [2.75, 3.05) is 20.1 Å². The van der Waals surface area contributed by atoms with E-state index < -0.39 is 0 Å². The Morgan fingerprint density at radius 1 is 1.56 bits per heavy atom. The molecule has 2 heterocycles. The van der Waals surface area contributed by atoms with Crippen LogP contribution in [0.1, 0.15) is 41.6 Å². The summed E-state index contributed by atoms with van der Waals surface area (Å²) < 4.78 is 3.91. The Hall–Kier alpha value is -1.01. The number of likely N-dealkylation sites (tertiary alicyclic amines) is 1. The second-order valence-corrected chi connectivity index (χ2v) is 5.36. The quantitative estimate of drug-likeness (QED) is 0.894. The van der Waals surface area contributed by atoms with Gasteiger partial charge in [-0.1, -0.05) is 11.4 Å². The van der Waals surface area contributed by atoms with E-state index in [0.29, 0.717) is 6.04 Å². The maximum absolute atomic E-state index is 12.6. The van der Waals surface area contributed by atoms with Gasteiger partial charge in [-0.3, -0.25) is 4.79 Å². The smallest absolute Gasteiger partial charge is 0.267 e. The number of rotatable bonds is 4. The summed E-state index contributed by atoms with van der Waals surface area (Å²) in [7, 11) is 1.93. The Morgan fingerprint density at radius 2 is 2.39 bits per heavy atom. The van der Waals surface area contributed by atoms with Crippen molar-refractivity contribution in [3.05, 3.63) is 10.6 Å². The van der Waals surface area contributed by atoms with Crippen LogP contribution >= 0.6 is 11.5 Å². The lowest BCUT2D eigenvalue weighted by Gasteiger charge is -2.35. The van der Waals surface area contributed by atoms with Crippen molar-refractivity contribution in [3.8, 4) is 0 Å². The molecule has 18 heavy (non-hydrogen) atoms. The first-order valence-corrected chi connectivity index (χ1v) is 7.32. The molecule has 0 bridgehead atoms. The summed E-state index contributed by atoms with van der Waals surface area (Å²) in [5.41, 5.74) is 0.832. The number of amides is 1. The second-order valence-electron chi connectivity index (χ2n) is 4.61. The standard InChI is InChI=1S/C12H20N4OS/c1-3-10-11(18-15-14-10)12(17)16-7-5-4-6-9(16)8-13-2/h9,13H,3-8H2,1-2H3. The van der Waals surface area contributed by atoms with E-state index in [4.69, 9.17) is 0 Å². The number of aromatic nitrogens is 2. The maximum Gasteiger partial charge on any atom is 0.267 e. The maximum atomic E-state index is 12.6. The van der Waals surface area contributed by atoms with Crippen LogP contribution in [0, 0.1) is 0 Å². The van der Waals surface area contributed by atoms with Crippen molar-refractivity contribution in [2.45, 2.75) is 38.6 Å². The largest absolute Gasteiger partial charge is 0.334 e. The minimum atomic E-state index is 0.113. The number of likely N-dealkylation sites (N-methyl/N-ethyl adjacent to an activating group) is 1. The van der Waals surface area contributed by atoms with Crippen LogP contribution in [0.3, 0.4) is 0 Å². The fourth-order valence-corrected chi connectivity index (χ4v) is 3.16. The van der Waals surface area contributed by atoms with E-state index in [1.807, 2.05) is 18.9 Å². The molecule has 0 aliphatic carbocycles. The number of carbonyl (C=O) groups excluding carboxylic acids is 1. The molecule has 1 aromatic rings. The molecular formula is C12H20N4OS. The van der Waals surface area contributed by atoms with Crippen molar-refractivity contribution in [1.29, 1.82) is 0 Å². The fraction of sp³-hybridized carbons (Fsp3) is 0.750. The van der Waals surface area contributed by atoms with E-state index in [9.17, 15) is 4.79 Å². The Morgan fingerprint density at radius 3 is 3.11 bits per heavy atom. The van der Waals surface area contributed by atoms with Crippen molar-refractivity contribution in [3.63, 3.8) is 0 Å². The van der Waals surface area contributed by atoms with Gasteiger partial charge in [0.05, 0.1) is 5.69 Å². The van der Waals surface area contributed by atoms with E-state index in [-0.39, 0.29) is 5.91 Å². The van der Waals surface area contributed by atoms with Crippen LogP contribution in [-0.4, -0.2) is 46.6 Å². The van der Waals surface area contributed by atoms with Crippen molar-refractivity contribution in [2.24, 2.45) is 0 Å². The molecule has 0 spiro atoms. The van der Waals surface area contributed by atoms with E-state index >= 15 is 0 Å². The molecule has 1 N–H and O–H groups in total. The molecule has 100 valence electrons. The number of piperidine rings is 1. The number of hydrogen-bond donors (Lipinski definition) is 1. The van der Waals surface area contributed by atoms with Gasteiger partial charge in [0.2, 0.25) is 0 Å². The molecule has 1 saturated heterocycles. The summed E-state index contributed by atoms with van der Waals surface area (Å²) in [6.07, 6.45) is 4.15. The van der Waals surface area contributed by atoms with E-state index in [1.54, 1.807) is 0 Å². The van der Waals surface area contributed by atoms with Crippen LogP contribution in [0.25, 0.3) is 0 Å². The minimum Gasteiger partial charge on any atom is -0.334 e. The zero-order chi connectivity index (χ0) is 13.0. The SMILES string of the molecule is CCc1nnsc1C(=O)N1CCCCC1CNC. The number of carbonyl (C=O) groups is 1. The molecular weight excluding hydrogens is 248 g/mol.